The lowest BCUT2D eigenvalue weighted by molar-refractivity contribution is -0.136. The first-order valence-corrected chi connectivity index (χ1v) is 8.84. The minimum Gasteiger partial charge on any atom is -0.490 e. The van der Waals surface area contributed by atoms with E-state index in [1.807, 2.05) is 0 Å². The minimum atomic E-state index is -0.951. The highest BCUT2D eigenvalue weighted by Gasteiger charge is 2.13. The van der Waals surface area contributed by atoms with Gasteiger partial charge >= 0.3 is 11.8 Å². The van der Waals surface area contributed by atoms with Crippen molar-refractivity contribution in [3.63, 3.8) is 0 Å². The van der Waals surface area contributed by atoms with E-state index < -0.39 is 17.7 Å². The summed E-state index contributed by atoms with van der Waals surface area (Å²) in [5.41, 5.74) is 8.14. The van der Waals surface area contributed by atoms with E-state index in [1.54, 1.807) is 43.3 Å². The highest BCUT2D eigenvalue weighted by atomic mass is 35.5. The number of hydrogen-bond acceptors (Lipinski definition) is 6. The molecule has 0 fully saturated rings. The summed E-state index contributed by atoms with van der Waals surface area (Å²) in [5, 5.41) is 6.57. The van der Waals surface area contributed by atoms with Crippen LogP contribution in [0.5, 0.6) is 11.5 Å². The van der Waals surface area contributed by atoms with Gasteiger partial charge in [0.05, 0.1) is 12.8 Å². The average molecular weight is 419 g/mol. The first-order chi connectivity index (χ1) is 13.9. The van der Waals surface area contributed by atoms with Gasteiger partial charge in [-0.15, -0.1) is 0 Å². The third kappa shape index (κ3) is 7.15. The maximum atomic E-state index is 11.9. The molecule has 0 heterocycles. The van der Waals surface area contributed by atoms with E-state index in [9.17, 15) is 14.4 Å². The van der Waals surface area contributed by atoms with Crippen molar-refractivity contribution in [1.82, 2.24) is 5.43 Å². The summed E-state index contributed by atoms with van der Waals surface area (Å²) in [6, 6.07) is 11.2. The van der Waals surface area contributed by atoms with Crippen molar-refractivity contribution >= 4 is 41.2 Å². The van der Waals surface area contributed by atoms with E-state index in [-0.39, 0.29) is 6.61 Å². The van der Waals surface area contributed by atoms with E-state index in [2.05, 4.69) is 15.8 Å². The highest BCUT2D eigenvalue weighted by molar-refractivity contribution is 6.39. The minimum absolute atomic E-state index is 0.286. The molecule has 0 aliphatic rings. The topological polar surface area (TPSA) is 132 Å². The monoisotopic (exact) mass is 418 g/mol. The van der Waals surface area contributed by atoms with Crippen molar-refractivity contribution in [2.75, 3.05) is 18.5 Å². The molecule has 0 atom stereocenters. The van der Waals surface area contributed by atoms with Gasteiger partial charge in [-0.25, -0.2) is 5.43 Å². The summed E-state index contributed by atoms with van der Waals surface area (Å²) >= 11 is 5.82. The van der Waals surface area contributed by atoms with Crippen molar-refractivity contribution in [3.05, 3.63) is 53.1 Å². The number of hydrogen-bond donors (Lipinski definition) is 3. The number of carbonyl (C=O) groups is 3. The Bertz CT molecular complexity index is 933. The quantitative estimate of drug-likeness (QED) is 0.341. The summed E-state index contributed by atoms with van der Waals surface area (Å²) in [4.78, 5) is 34.6. The number of benzene rings is 2. The Hall–Kier alpha value is -3.59. The summed E-state index contributed by atoms with van der Waals surface area (Å²) in [7, 11) is 0. The van der Waals surface area contributed by atoms with Gasteiger partial charge in [-0.2, -0.15) is 5.10 Å². The van der Waals surface area contributed by atoms with Crippen molar-refractivity contribution in [2.24, 2.45) is 10.8 Å². The molecule has 9 nitrogen and oxygen atoms in total. The molecule has 152 valence electrons. The fourth-order valence-corrected chi connectivity index (χ4v) is 2.30. The Labute approximate surface area is 171 Å². The molecule has 0 saturated heterocycles. The normalized spacial score (nSPS) is 10.4. The predicted molar refractivity (Wildman–Crippen MR) is 108 cm³/mol. The number of anilines is 1. The first-order valence-electron chi connectivity index (χ1n) is 8.47. The third-order valence-corrected chi connectivity index (χ3v) is 3.54. The number of ether oxygens (including phenoxy) is 2. The van der Waals surface area contributed by atoms with E-state index >= 15 is 0 Å². The Kier molecular flexibility index (Phi) is 7.99. The average Bonchev–Trinajstić information content (AvgIpc) is 2.67. The van der Waals surface area contributed by atoms with Crippen LogP contribution in [-0.2, 0) is 14.4 Å². The molecule has 2 aromatic carbocycles. The second kappa shape index (κ2) is 10.7. The molecule has 0 spiro atoms. The molecule has 0 aromatic heterocycles. The van der Waals surface area contributed by atoms with Crippen LogP contribution in [0.1, 0.15) is 12.5 Å². The lowest BCUT2D eigenvalue weighted by Gasteiger charge is -2.11. The van der Waals surface area contributed by atoms with Crippen molar-refractivity contribution in [2.45, 2.75) is 6.92 Å². The number of hydrazone groups is 1. The third-order valence-electron chi connectivity index (χ3n) is 3.31. The van der Waals surface area contributed by atoms with Gasteiger partial charge in [0.2, 0.25) is 0 Å². The van der Waals surface area contributed by atoms with E-state index in [0.29, 0.717) is 34.4 Å². The number of rotatable bonds is 8. The van der Waals surface area contributed by atoms with Gasteiger partial charge in [-0.1, -0.05) is 17.7 Å². The van der Waals surface area contributed by atoms with Gasteiger partial charge in [0.25, 0.3) is 5.91 Å². The molecule has 10 heteroatoms. The second-order valence-electron chi connectivity index (χ2n) is 5.56. The van der Waals surface area contributed by atoms with Gasteiger partial charge in [-0.05, 0) is 48.9 Å². The van der Waals surface area contributed by atoms with Crippen LogP contribution >= 0.6 is 11.6 Å². The van der Waals surface area contributed by atoms with Gasteiger partial charge in [0.1, 0.15) is 0 Å². The number of nitrogens with two attached hydrogens (primary N) is 1. The number of halogens is 1. The second-order valence-corrected chi connectivity index (χ2v) is 5.99. The standard InChI is InChI=1S/C19H19ClN4O5/c1-2-28-16-8-12(6-7-15(16)29-11-17(21)25)10-22-24-19(27)18(26)23-14-5-3-4-13(20)9-14/h3-10H,2,11H2,1H3,(H2,21,25)(H,23,26)(H,24,27)/b22-10+. The van der Waals surface area contributed by atoms with Gasteiger partial charge < -0.3 is 20.5 Å². The lowest BCUT2D eigenvalue weighted by atomic mass is 10.2. The molecule has 4 N–H and O–H groups in total. The Morgan fingerprint density at radius 1 is 1.10 bits per heavy atom. The summed E-state index contributed by atoms with van der Waals surface area (Å²) in [6.45, 7) is 1.87. The summed E-state index contributed by atoms with van der Waals surface area (Å²) in [5.74, 6) is -1.74. The van der Waals surface area contributed by atoms with Gasteiger partial charge in [0, 0.05) is 10.7 Å². The van der Waals surface area contributed by atoms with Crippen LogP contribution in [0.15, 0.2) is 47.6 Å². The number of primary amides is 1. The molecule has 29 heavy (non-hydrogen) atoms. The van der Waals surface area contributed by atoms with Crippen molar-refractivity contribution < 1.29 is 23.9 Å². The molecule has 0 unspecified atom stereocenters. The fraction of sp³-hybridized carbons (Fsp3) is 0.158. The molecule has 0 aliphatic heterocycles. The maximum absolute atomic E-state index is 11.9. The zero-order valence-corrected chi connectivity index (χ0v) is 16.2. The largest absolute Gasteiger partial charge is 0.490 e. The van der Waals surface area contributed by atoms with E-state index in [1.165, 1.54) is 12.3 Å². The fourth-order valence-electron chi connectivity index (χ4n) is 2.11. The molecule has 0 aliphatic carbocycles. The van der Waals surface area contributed by atoms with Gasteiger partial charge in [0.15, 0.2) is 18.1 Å². The lowest BCUT2D eigenvalue weighted by Crippen LogP contribution is -2.32. The number of nitrogens with zero attached hydrogens (tertiary/aromatic N) is 1. The van der Waals surface area contributed by atoms with Crippen LogP contribution in [0.25, 0.3) is 0 Å². The van der Waals surface area contributed by atoms with Crippen LogP contribution in [0.3, 0.4) is 0 Å². The van der Waals surface area contributed by atoms with Crippen molar-refractivity contribution in [1.29, 1.82) is 0 Å². The highest BCUT2D eigenvalue weighted by Crippen LogP contribution is 2.28. The molecule has 2 aromatic rings. The van der Waals surface area contributed by atoms with E-state index in [4.69, 9.17) is 26.8 Å². The Balaban J connectivity index is 1.97. The van der Waals surface area contributed by atoms with Crippen LogP contribution in [0.2, 0.25) is 5.02 Å². The SMILES string of the molecule is CCOc1cc(/C=N/NC(=O)C(=O)Nc2cccc(Cl)c2)ccc1OCC(N)=O. The molecule has 2 rings (SSSR count). The summed E-state index contributed by atoms with van der Waals surface area (Å²) in [6.07, 6.45) is 1.32. The Morgan fingerprint density at radius 2 is 1.90 bits per heavy atom. The Morgan fingerprint density at radius 3 is 2.59 bits per heavy atom. The molecular formula is C19H19ClN4O5. The molecule has 0 radical (unpaired) electrons. The zero-order valence-electron chi connectivity index (χ0n) is 15.5. The van der Waals surface area contributed by atoms with Gasteiger partial charge in [-0.3, -0.25) is 14.4 Å². The molecule has 0 saturated carbocycles. The maximum Gasteiger partial charge on any atom is 0.329 e. The summed E-state index contributed by atoms with van der Waals surface area (Å²) < 4.78 is 10.7. The first kappa shape index (κ1) is 21.7. The number of nitrogens with one attached hydrogen (secondary N) is 2. The van der Waals surface area contributed by atoms with Crippen molar-refractivity contribution in [3.8, 4) is 11.5 Å². The van der Waals surface area contributed by atoms with Crippen LogP contribution in [-0.4, -0.2) is 37.1 Å². The van der Waals surface area contributed by atoms with Crippen LogP contribution in [0.4, 0.5) is 5.69 Å². The van der Waals surface area contributed by atoms with Crippen LogP contribution in [0, 0.1) is 0 Å². The molecular weight excluding hydrogens is 400 g/mol. The number of carbonyl (C=O) groups excluding carboxylic acids is 3. The molecule has 0 bridgehead atoms. The predicted octanol–water partition coefficient (Wildman–Crippen LogP) is 1.69. The van der Waals surface area contributed by atoms with E-state index in [0.717, 1.165) is 0 Å². The number of amides is 3. The van der Waals surface area contributed by atoms with Crippen LogP contribution < -0.4 is 25.9 Å². The molecule has 3 amide bonds. The smallest absolute Gasteiger partial charge is 0.329 e. The zero-order chi connectivity index (χ0) is 21.2.